The second-order valence-corrected chi connectivity index (χ2v) is 4.25. The van der Waals surface area contributed by atoms with Gasteiger partial charge in [0.25, 0.3) is 0 Å². The van der Waals surface area contributed by atoms with Crippen molar-refractivity contribution in [3.05, 3.63) is 58.9 Å². The highest BCUT2D eigenvalue weighted by Gasteiger charge is 2.11. The van der Waals surface area contributed by atoms with E-state index in [0.29, 0.717) is 22.0 Å². The lowest BCUT2D eigenvalue weighted by atomic mass is 10.0. The first-order chi connectivity index (χ1) is 9.06. The van der Waals surface area contributed by atoms with Crippen LogP contribution in [0.2, 0.25) is 5.15 Å². The Morgan fingerprint density at radius 2 is 1.89 bits per heavy atom. The van der Waals surface area contributed by atoms with Crippen molar-refractivity contribution in [2.24, 2.45) is 0 Å². The lowest BCUT2D eigenvalue weighted by Crippen LogP contribution is -2.07. The molecule has 1 amide bonds. The van der Waals surface area contributed by atoms with Gasteiger partial charge in [0, 0.05) is 11.9 Å². The van der Waals surface area contributed by atoms with Gasteiger partial charge in [-0.25, -0.2) is 9.78 Å². The number of anilines is 1. The molecule has 2 aromatic rings. The summed E-state index contributed by atoms with van der Waals surface area (Å²) >= 11 is 5.76. The lowest BCUT2D eigenvalue weighted by molar-refractivity contribution is 0.210. The maximum atomic E-state index is 10.5. The number of aliphatic hydroxyl groups is 1. The summed E-state index contributed by atoms with van der Waals surface area (Å²) < 4.78 is 0. The van der Waals surface area contributed by atoms with E-state index in [2.05, 4.69) is 10.3 Å². The number of aliphatic hydroxyl groups excluding tert-OH is 1. The highest BCUT2D eigenvalue weighted by atomic mass is 35.5. The number of aromatic nitrogens is 1. The average Bonchev–Trinajstić information content (AvgIpc) is 2.38. The van der Waals surface area contributed by atoms with Crippen LogP contribution in [0.25, 0.3) is 0 Å². The Morgan fingerprint density at radius 3 is 2.47 bits per heavy atom. The molecule has 1 aromatic carbocycles. The molecule has 1 heterocycles. The maximum Gasteiger partial charge on any atom is 0.409 e. The van der Waals surface area contributed by atoms with E-state index in [1.807, 2.05) is 0 Å². The number of hydrogen-bond acceptors (Lipinski definition) is 3. The number of rotatable bonds is 3. The largest absolute Gasteiger partial charge is 0.465 e. The van der Waals surface area contributed by atoms with Crippen molar-refractivity contribution in [1.29, 1.82) is 0 Å². The van der Waals surface area contributed by atoms with E-state index in [1.54, 1.807) is 36.4 Å². The molecular formula is C13H11ClN2O3. The van der Waals surface area contributed by atoms with Crippen LogP contribution in [0.1, 0.15) is 17.2 Å². The summed E-state index contributed by atoms with van der Waals surface area (Å²) in [6.45, 7) is 0. The molecule has 1 unspecified atom stereocenters. The van der Waals surface area contributed by atoms with Gasteiger partial charge >= 0.3 is 6.09 Å². The van der Waals surface area contributed by atoms with Crippen molar-refractivity contribution in [1.82, 2.24) is 4.98 Å². The molecule has 1 atom stereocenters. The van der Waals surface area contributed by atoms with Crippen molar-refractivity contribution >= 4 is 23.4 Å². The molecule has 0 spiro atoms. The minimum Gasteiger partial charge on any atom is -0.465 e. The molecule has 0 aliphatic heterocycles. The topological polar surface area (TPSA) is 82.5 Å². The van der Waals surface area contributed by atoms with E-state index in [-0.39, 0.29) is 0 Å². The molecule has 2 rings (SSSR count). The molecule has 5 nitrogen and oxygen atoms in total. The van der Waals surface area contributed by atoms with Crippen LogP contribution in [0.4, 0.5) is 10.5 Å². The number of nitrogens with one attached hydrogen (secondary N) is 1. The van der Waals surface area contributed by atoms with Crippen LogP contribution in [0.5, 0.6) is 0 Å². The molecule has 98 valence electrons. The van der Waals surface area contributed by atoms with E-state index in [9.17, 15) is 9.90 Å². The van der Waals surface area contributed by atoms with E-state index in [1.165, 1.54) is 6.20 Å². The van der Waals surface area contributed by atoms with Gasteiger partial charge in [-0.1, -0.05) is 23.7 Å². The summed E-state index contributed by atoms with van der Waals surface area (Å²) in [5.41, 5.74) is 1.70. The van der Waals surface area contributed by atoms with E-state index < -0.39 is 12.2 Å². The fraction of sp³-hybridized carbons (Fsp3) is 0.0769. The smallest absolute Gasteiger partial charge is 0.409 e. The third-order valence-electron chi connectivity index (χ3n) is 2.54. The van der Waals surface area contributed by atoms with Crippen molar-refractivity contribution in [2.75, 3.05) is 5.32 Å². The molecule has 0 bridgehead atoms. The van der Waals surface area contributed by atoms with E-state index in [0.717, 1.165) is 0 Å². The Morgan fingerprint density at radius 1 is 1.21 bits per heavy atom. The first-order valence-corrected chi connectivity index (χ1v) is 5.83. The Balaban J connectivity index is 2.20. The number of benzene rings is 1. The molecule has 6 heteroatoms. The van der Waals surface area contributed by atoms with Crippen LogP contribution >= 0.6 is 11.6 Å². The lowest BCUT2D eigenvalue weighted by Gasteiger charge is -2.12. The van der Waals surface area contributed by atoms with E-state index >= 15 is 0 Å². The molecule has 0 fully saturated rings. The zero-order valence-corrected chi connectivity index (χ0v) is 10.5. The summed E-state index contributed by atoms with van der Waals surface area (Å²) in [5.74, 6) is 0. The summed E-state index contributed by atoms with van der Waals surface area (Å²) in [4.78, 5) is 14.3. The average molecular weight is 279 g/mol. The molecule has 19 heavy (non-hydrogen) atoms. The van der Waals surface area contributed by atoms with Gasteiger partial charge < -0.3 is 10.2 Å². The zero-order valence-electron chi connectivity index (χ0n) is 9.75. The molecule has 0 aliphatic rings. The van der Waals surface area contributed by atoms with Gasteiger partial charge in [0.1, 0.15) is 11.3 Å². The number of halogens is 1. The van der Waals surface area contributed by atoms with Crippen molar-refractivity contribution in [2.45, 2.75) is 6.10 Å². The quantitative estimate of drug-likeness (QED) is 0.754. The number of hydrogen-bond donors (Lipinski definition) is 3. The fourth-order valence-electron chi connectivity index (χ4n) is 1.65. The third kappa shape index (κ3) is 3.43. The van der Waals surface area contributed by atoms with Gasteiger partial charge in [-0.2, -0.15) is 0 Å². The van der Waals surface area contributed by atoms with Crippen molar-refractivity contribution in [3.63, 3.8) is 0 Å². The number of amides is 1. The molecule has 0 saturated heterocycles. The standard InChI is InChI=1S/C13H11ClN2O3/c14-11-7-9(5-6-15-11)12(17)8-1-3-10(4-2-8)16-13(18)19/h1-7,12,16-17H,(H,18,19). The Hall–Kier alpha value is -2.11. The first-order valence-electron chi connectivity index (χ1n) is 5.45. The monoisotopic (exact) mass is 278 g/mol. The van der Waals surface area contributed by atoms with Gasteiger partial charge in [0.15, 0.2) is 0 Å². The summed E-state index contributed by atoms with van der Waals surface area (Å²) in [6.07, 6.45) is -0.449. The van der Waals surface area contributed by atoms with Gasteiger partial charge in [0.05, 0.1) is 0 Å². The van der Waals surface area contributed by atoms with Crippen molar-refractivity contribution in [3.8, 4) is 0 Å². The highest BCUT2D eigenvalue weighted by molar-refractivity contribution is 6.29. The Labute approximate surface area is 114 Å². The van der Waals surface area contributed by atoms with Crippen LogP contribution in [-0.2, 0) is 0 Å². The number of pyridine rings is 1. The SMILES string of the molecule is O=C(O)Nc1ccc(C(O)c2ccnc(Cl)c2)cc1. The van der Waals surface area contributed by atoms with Gasteiger partial charge in [-0.05, 0) is 35.4 Å². The van der Waals surface area contributed by atoms with Crippen LogP contribution in [0.15, 0.2) is 42.6 Å². The van der Waals surface area contributed by atoms with Gasteiger partial charge in [-0.3, -0.25) is 5.32 Å². The maximum absolute atomic E-state index is 10.5. The Bertz CT molecular complexity index is 587. The molecule has 3 N–H and O–H groups in total. The minimum absolute atomic E-state index is 0.306. The van der Waals surface area contributed by atoms with Crippen LogP contribution in [0, 0.1) is 0 Å². The predicted molar refractivity (Wildman–Crippen MR) is 71.4 cm³/mol. The normalized spacial score (nSPS) is 11.9. The van der Waals surface area contributed by atoms with Crippen LogP contribution in [-0.4, -0.2) is 21.3 Å². The predicted octanol–water partition coefficient (Wildman–Crippen LogP) is 2.91. The second-order valence-electron chi connectivity index (χ2n) is 3.87. The van der Waals surface area contributed by atoms with E-state index in [4.69, 9.17) is 16.7 Å². The fourth-order valence-corrected chi connectivity index (χ4v) is 1.83. The minimum atomic E-state index is -1.13. The summed E-state index contributed by atoms with van der Waals surface area (Å²) in [5, 5.41) is 21.3. The number of carbonyl (C=O) groups is 1. The number of nitrogens with zero attached hydrogens (tertiary/aromatic N) is 1. The Kier molecular flexibility index (Phi) is 3.99. The summed E-state index contributed by atoms with van der Waals surface area (Å²) in [6, 6.07) is 9.69. The van der Waals surface area contributed by atoms with Crippen LogP contribution in [0.3, 0.4) is 0 Å². The third-order valence-corrected chi connectivity index (χ3v) is 2.75. The molecule has 1 aromatic heterocycles. The molecule has 0 saturated carbocycles. The van der Waals surface area contributed by atoms with Crippen LogP contribution < -0.4 is 5.32 Å². The molecular weight excluding hydrogens is 268 g/mol. The summed E-state index contributed by atoms with van der Waals surface area (Å²) in [7, 11) is 0. The second kappa shape index (κ2) is 5.69. The molecule has 0 aliphatic carbocycles. The zero-order chi connectivity index (χ0) is 13.8. The number of carboxylic acid groups (broad SMARTS) is 1. The first kappa shape index (κ1) is 13.3. The van der Waals surface area contributed by atoms with Gasteiger partial charge in [0.2, 0.25) is 0 Å². The highest BCUT2D eigenvalue weighted by Crippen LogP contribution is 2.24. The van der Waals surface area contributed by atoms with Crippen molar-refractivity contribution < 1.29 is 15.0 Å². The molecule has 0 radical (unpaired) electrons. The van der Waals surface area contributed by atoms with Gasteiger partial charge in [-0.15, -0.1) is 0 Å².